The normalized spacial score (nSPS) is 37.2. The number of rotatable bonds is 2. The second-order valence-electron chi connectivity index (χ2n) is 8.54. The highest BCUT2D eigenvalue weighted by atomic mass is 16.5. The summed E-state index contributed by atoms with van der Waals surface area (Å²) in [6, 6.07) is 0.144. The van der Waals surface area contributed by atoms with Crippen molar-refractivity contribution in [3.05, 3.63) is 0 Å². The summed E-state index contributed by atoms with van der Waals surface area (Å²) in [5, 5.41) is 6.29. The van der Waals surface area contributed by atoms with Crippen LogP contribution in [0.25, 0.3) is 0 Å². The standard InChI is InChI=1S/C18H31N3O3/c1-17(2)12-7-8-18(17,3)14(10-12)20-15(22)19-13-6-5-9-21(11-13)16(23)24-4/h12-14H,5-11H2,1-4H3,(H2,19,20,22)/t12-,13-,14-,18+/m0/s1. The van der Waals surface area contributed by atoms with Crippen LogP contribution in [0.3, 0.4) is 0 Å². The number of likely N-dealkylation sites (tertiary alicyclic amines) is 1. The Hall–Kier alpha value is -1.46. The van der Waals surface area contributed by atoms with Crippen molar-refractivity contribution in [3.63, 3.8) is 0 Å². The van der Waals surface area contributed by atoms with E-state index >= 15 is 0 Å². The van der Waals surface area contributed by atoms with Gasteiger partial charge < -0.3 is 20.3 Å². The SMILES string of the molecule is COC(=O)N1CCC[C@H](NC(=O)N[C@H]2C[C@@H]3CC[C@@]2(C)C3(C)C)C1. The zero-order chi connectivity index (χ0) is 17.5. The van der Waals surface area contributed by atoms with Gasteiger partial charge in [0.15, 0.2) is 0 Å². The lowest BCUT2D eigenvalue weighted by Crippen LogP contribution is -2.55. The van der Waals surface area contributed by atoms with E-state index in [1.165, 1.54) is 20.0 Å². The number of amides is 3. The molecule has 3 amide bonds. The van der Waals surface area contributed by atoms with E-state index in [9.17, 15) is 9.59 Å². The number of hydrogen-bond acceptors (Lipinski definition) is 3. The molecule has 3 rings (SSSR count). The van der Waals surface area contributed by atoms with Crippen LogP contribution in [0.2, 0.25) is 0 Å². The Bertz CT molecular complexity index is 522. The number of nitrogens with one attached hydrogen (secondary N) is 2. The maximum atomic E-state index is 12.5. The molecule has 1 heterocycles. The highest BCUT2D eigenvalue weighted by molar-refractivity contribution is 5.75. The molecule has 2 N–H and O–H groups in total. The first-order valence-corrected chi connectivity index (χ1v) is 9.18. The first-order valence-electron chi connectivity index (χ1n) is 9.18. The minimum Gasteiger partial charge on any atom is -0.453 e. The largest absolute Gasteiger partial charge is 0.453 e. The zero-order valence-corrected chi connectivity index (χ0v) is 15.4. The molecule has 24 heavy (non-hydrogen) atoms. The number of nitrogens with zero attached hydrogens (tertiary/aromatic N) is 1. The van der Waals surface area contributed by atoms with E-state index in [0.29, 0.717) is 19.0 Å². The van der Waals surface area contributed by atoms with Crippen molar-refractivity contribution in [3.8, 4) is 0 Å². The molecule has 2 aliphatic carbocycles. The molecule has 0 aromatic carbocycles. The van der Waals surface area contributed by atoms with Crippen LogP contribution < -0.4 is 10.6 Å². The number of piperidine rings is 1. The Morgan fingerprint density at radius 1 is 1.17 bits per heavy atom. The van der Waals surface area contributed by atoms with Crippen molar-refractivity contribution < 1.29 is 14.3 Å². The number of carbonyl (C=O) groups is 2. The summed E-state index contributed by atoms with van der Waals surface area (Å²) in [6.45, 7) is 8.24. The first-order chi connectivity index (χ1) is 11.3. The second-order valence-corrected chi connectivity index (χ2v) is 8.54. The van der Waals surface area contributed by atoms with Crippen LogP contribution in [-0.4, -0.2) is 49.3 Å². The summed E-state index contributed by atoms with van der Waals surface area (Å²) >= 11 is 0. The molecule has 3 fully saturated rings. The topological polar surface area (TPSA) is 70.7 Å². The number of carbonyl (C=O) groups excluding carboxylic acids is 2. The van der Waals surface area contributed by atoms with E-state index in [2.05, 4.69) is 31.4 Å². The third-order valence-corrected chi connectivity index (χ3v) is 7.29. The number of fused-ring (bicyclic) bond motifs is 2. The van der Waals surface area contributed by atoms with E-state index in [4.69, 9.17) is 4.74 Å². The van der Waals surface area contributed by atoms with Gasteiger partial charge in [0.2, 0.25) is 0 Å². The van der Waals surface area contributed by atoms with Crippen molar-refractivity contribution in [1.29, 1.82) is 0 Å². The molecular formula is C18H31N3O3. The summed E-state index contributed by atoms with van der Waals surface area (Å²) in [7, 11) is 1.39. The molecule has 0 aromatic heterocycles. The monoisotopic (exact) mass is 337 g/mol. The third kappa shape index (κ3) is 2.74. The predicted octanol–water partition coefficient (Wildman–Crippen LogP) is 2.73. The minimum atomic E-state index is -0.315. The molecule has 3 aliphatic rings. The molecule has 2 bridgehead atoms. The fraction of sp³-hybridized carbons (Fsp3) is 0.889. The molecule has 136 valence electrons. The molecule has 1 saturated heterocycles. The molecule has 0 spiro atoms. The van der Waals surface area contributed by atoms with E-state index < -0.39 is 0 Å². The van der Waals surface area contributed by atoms with Gasteiger partial charge >= 0.3 is 12.1 Å². The van der Waals surface area contributed by atoms with Crippen LogP contribution in [0, 0.1) is 16.7 Å². The van der Waals surface area contributed by atoms with E-state index in [1.807, 2.05) is 0 Å². The molecule has 6 heteroatoms. The highest BCUT2D eigenvalue weighted by Crippen LogP contribution is 2.65. The van der Waals surface area contributed by atoms with Gasteiger partial charge in [0.05, 0.1) is 7.11 Å². The third-order valence-electron chi connectivity index (χ3n) is 7.29. The molecule has 0 radical (unpaired) electrons. The van der Waals surface area contributed by atoms with Crippen LogP contribution in [-0.2, 0) is 4.74 Å². The van der Waals surface area contributed by atoms with Gasteiger partial charge in [-0.15, -0.1) is 0 Å². The Morgan fingerprint density at radius 3 is 2.50 bits per heavy atom. The lowest BCUT2D eigenvalue weighted by Gasteiger charge is -2.40. The van der Waals surface area contributed by atoms with Crippen LogP contribution in [0.5, 0.6) is 0 Å². The molecule has 6 nitrogen and oxygen atoms in total. The summed E-state index contributed by atoms with van der Waals surface area (Å²) in [5.74, 6) is 0.706. The number of methoxy groups -OCH3 is 1. The molecule has 2 saturated carbocycles. The van der Waals surface area contributed by atoms with Crippen molar-refractivity contribution >= 4 is 12.1 Å². The Labute approximate surface area is 144 Å². The van der Waals surface area contributed by atoms with Gasteiger partial charge in [-0.05, 0) is 48.9 Å². The van der Waals surface area contributed by atoms with Crippen molar-refractivity contribution in [2.75, 3.05) is 20.2 Å². The van der Waals surface area contributed by atoms with Gasteiger partial charge in [-0.1, -0.05) is 20.8 Å². The van der Waals surface area contributed by atoms with Gasteiger partial charge in [0.1, 0.15) is 0 Å². The number of hydrogen-bond donors (Lipinski definition) is 2. The van der Waals surface area contributed by atoms with Crippen LogP contribution in [0.4, 0.5) is 9.59 Å². The van der Waals surface area contributed by atoms with Crippen molar-refractivity contribution in [2.24, 2.45) is 16.7 Å². The Morgan fingerprint density at radius 2 is 1.92 bits per heavy atom. The second kappa shape index (κ2) is 6.12. The summed E-state index contributed by atoms with van der Waals surface area (Å²) in [6.07, 6.45) is 5.02. The molecule has 4 atom stereocenters. The average molecular weight is 337 g/mol. The van der Waals surface area contributed by atoms with Crippen molar-refractivity contribution in [1.82, 2.24) is 15.5 Å². The summed E-state index contributed by atoms with van der Waals surface area (Å²) in [5.41, 5.74) is 0.469. The summed E-state index contributed by atoms with van der Waals surface area (Å²) in [4.78, 5) is 25.8. The van der Waals surface area contributed by atoms with Gasteiger partial charge in [-0.3, -0.25) is 0 Å². The summed E-state index contributed by atoms with van der Waals surface area (Å²) < 4.78 is 4.78. The Balaban J connectivity index is 1.54. The Kier molecular flexibility index (Phi) is 4.43. The first kappa shape index (κ1) is 17.4. The predicted molar refractivity (Wildman–Crippen MR) is 91.7 cm³/mol. The highest BCUT2D eigenvalue weighted by Gasteiger charge is 2.61. The fourth-order valence-electron chi connectivity index (χ4n) is 5.20. The number of urea groups is 1. The molecular weight excluding hydrogens is 306 g/mol. The smallest absolute Gasteiger partial charge is 0.409 e. The quantitative estimate of drug-likeness (QED) is 0.814. The van der Waals surface area contributed by atoms with Crippen LogP contribution in [0.1, 0.15) is 52.9 Å². The van der Waals surface area contributed by atoms with E-state index in [-0.39, 0.29) is 35.0 Å². The van der Waals surface area contributed by atoms with Crippen LogP contribution in [0.15, 0.2) is 0 Å². The lowest BCUT2D eigenvalue weighted by atomic mass is 9.69. The van der Waals surface area contributed by atoms with Gasteiger partial charge in [-0.25, -0.2) is 9.59 Å². The number of ether oxygens (including phenoxy) is 1. The van der Waals surface area contributed by atoms with Crippen molar-refractivity contribution in [2.45, 2.75) is 65.0 Å². The van der Waals surface area contributed by atoms with E-state index in [1.54, 1.807) is 4.90 Å². The molecule has 0 unspecified atom stereocenters. The fourth-order valence-corrected chi connectivity index (χ4v) is 5.20. The minimum absolute atomic E-state index is 0.00254. The average Bonchev–Trinajstić information content (AvgIpc) is 2.87. The lowest BCUT2D eigenvalue weighted by molar-refractivity contribution is 0.106. The maximum absolute atomic E-state index is 12.5. The molecule has 0 aromatic rings. The zero-order valence-electron chi connectivity index (χ0n) is 15.4. The van der Waals surface area contributed by atoms with E-state index in [0.717, 1.165) is 19.3 Å². The van der Waals surface area contributed by atoms with Crippen LogP contribution >= 0.6 is 0 Å². The maximum Gasteiger partial charge on any atom is 0.409 e. The van der Waals surface area contributed by atoms with Gasteiger partial charge in [0.25, 0.3) is 0 Å². The van der Waals surface area contributed by atoms with Gasteiger partial charge in [0, 0.05) is 25.2 Å². The van der Waals surface area contributed by atoms with Gasteiger partial charge in [-0.2, -0.15) is 0 Å². The molecule has 1 aliphatic heterocycles.